The summed E-state index contributed by atoms with van der Waals surface area (Å²) in [4.78, 5) is 0. The first kappa shape index (κ1) is 14.3. The van der Waals surface area contributed by atoms with Gasteiger partial charge in [-0.05, 0) is 25.2 Å². The molecule has 2 aliphatic rings. The van der Waals surface area contributed by atoms with Crippen LogP contribution in [0.2, 0.25) is 0 Å². The summed E-state index contributed by atoms with van der Waals surface area (Å²) in [5.41, 5.74) is -0.509. The molecular formula is C15H29NO2. The molecule has 2 fully saturated rings. The molecule has 3 heteroatoms. The average Bonchev–Trinajstić information content (AvgIpc) is 2.82. The third-order valence-corrected chi connectivity index (χ3v) is 4.70. The van der Waals surface area contributed by atoms with E-state index >= 15 is 0 Å². The molecule has 0 saturated heterocycles. The van der Waals surface area contributed by atoms with E-state index in [2.05, 4.69) is 5.32 Å². The van der Waals surface area contributed by atoms with E-state index in [0.29, 0.717) is 13.1 Å². The third-order valence-electron chi connectivity index (χ3n) is 4.70. The van der Waals surface area contributed by atoms with Crippen LogP contribution >= 0.6 is 0 Å². The van der Waals surface area contributed by atoms with Crippen molar-refractivity contribution in [2.24, 2.45) is 5.92 Å². The second-order valence-electron chi connectivity index (χ2n) is 6.46. The largest absolute Gasteiger partial charge is 0.392 e. The number of aliphatic hydroxyl groups is 2. The van der Waals surface area contributed by atoms with E-state index < -0.39 is 5.60 Å². The fraction of sp³-hybridized carbons (Fsp3) is 1.00. The summed E-state index contributed by atoms with van der Waals surface area (Å²) in [5, 5.41) is 23.6. The van der Waals surface area contributed by atoms with E-state index in [1.807, 2.05) is 0 Å². The molecule has 0 aliphatic heterocycles. The minimum Gasteiger partial charge on any atom is -0.392 e. The second kappa shape index (κ2) is 6.88. The Hall–Kier alpha value is -0.120. The summed E-state index contributed by atoms with van der Waals surface area (Å²) in [6.07, 6.45) is 11.3. The lowest BCUT2D eigenvalue weighted by Gasteiger charge is -2.32. The lowest BCUT2D eigenvalue weighted by Crippen LogP contribution is -2.44. The van der Waals surface area contributed by atoms with Gasteiger partial charge in [-0.1, -0.05) is 44.9 Å². The summed E-state index contributed by atoms with van der Waals surface area (Å²) in [6, 6.07) is 0. The van der Waals surface area contributed by atoms with Crippen molar-refractivity contribution in [1.29, 1.82) is 0 Å². The lowest BCUT2D eigenvalue weighted by molar-refractivity contribution is 0.00217. The van der Waals surface area contributed by atoms with Gasteiger partial charge >= 0.3 is 0 Å². The fourth-order valence-corrected chi connectivity index (χ4v) is 3.57. The van der Waals surface area contributed by atoms with Crippen LogP contribution in [0.15, 0.2) is 0 Å². The van der Waals surface area contributed by atoms with Crippen molar-refractivity contribution >= 4 is 0 Å². The fourth-order valence-electron chi connectivity index (χ4n) is 3.57. The first-order chi connectivity index (χ1) is 8.68. The summed E-state index contributed by atoms with van der Waals surface area (Å²) in [6.45, 7) is 1.29. The highest BCUT2D eigenvalue weighted by Gasteiger charge is 2.28. The lowest BCUT2D eigenvalue weighted by atomic mass is 9.85. The maximum absolute atomic E-state index is 10.3. The van der Waals surface area contributed by atoms with Crippen molar-refractivity contribution < 1.29 is 10.2 Å². The van der Waals surface area contributed by atoms with Crippen LogP contribution in [0, 0.1) is 5.92 Å². The Kier molecular flexibility index (Phi) is 5.46. The first-order valence-corrected chi connectivity index (χ1v) is 7.79. The third kappa shape index (κ3) is 4.52. The molecule has 18 heavy (non-hydrogen) atoms. The van der Waals surface area contributed by atoms with Gasteiger partial charge in [-0.3, -0.25) is 0 Å². The number of rotatable bonds is 6. The predicted molar refractivity (Wildman–Crippen MR) is 73.5 cm³/mol. The van der Waals surface area contributed by atoms with Crippen LogP contribution in [0.3, 0.4) is 0 Å². The number of aliphatic hydroxyl groups excluding tert-OH is 1. The van der Waals surface area contributed by atoms with Crippen LogP contribution in [-0.4, -0.2) is 35.0 Å². The van der Waals surface area contributed by atoms with Gasteiger partial charge in [0.25, 0.3) is 0 Å². The number of hydrogen-bond donors (Lipinski definition) is 3. The van der Waals surface area contributed by atoms with Crippen LogP contribution in [0.5, 0.6) is 0 Å². The van der Waals surface area contributed by atoms with E-state index in [4.69, 9.17) is 0 Å². The van der Waals surface area contributed by atoms with Gasteiger partial charge in [-0.25, -0.2) is 0 Å². The zero-order valence-electron chi connectivity index (χ0n) is 11.5. The summed E-state index contributed by atoms with van der Waals surface area (Å²) in [7, 11) is 0. The highest BCUT2D eigenvalue weighted by atomic mass is 16.3. The van der Waals surface area contributed by atoms with E-state index in [-0.39, 0.29) is 6.10 Å². The molecule has 3 N–H and O–H groups in total. The van der Waals surface area contributed by atoms with Gasteiger partial charge < -0.3 is 15.5 Å². The molecule has 2 rings (SSSR count). The van der Waals surface area contributed by atoms with Crippen LogP contribution in [0.4, 0.5) is 0 Å². The van der Waals surface area contributed by atoms with Gasteiger partial charge in [-0.15, -0.1) is 0 Å². The Morgan fingerprint density at radius 3 is 2.39 bits per heavy atom. The molecule has 2 saturated carbocycles. The standard InChI is InChI=1S/C15H29NO2/c17-14(10-13-6-2-3-7-13)11-16-12-15(18)8-4-1-5-9-15/h13-14,16-18H,1-12H2. The number of nitrogens with one attached hydrogen (secondary N) is 1. The van der Waals surface area contributed by atoms with Gasteiger partial charge in [0.15, 0.2) is 0 Å². The molecule has 2 aliphatic carbocycles. The molecule has 1 unspecified atom stereocenters. The zero-order valence-corrected chi connectivity index (χ0v) is 11.5. The Balaban J connectivity index is 1.58. The summed E-state index contributed by atoms with van der Waals surface area (Å²) < 4.78 is 0. The monoisotopic (exact) mass is 255 g/mol. The van der Waals surface area contributed by atoms with Gasteiger partial charge in [0.2, 0.25) is 0 Å². The highest BCUT2D eigenvalue weighted by molar-refractivity contribution is 4.84. The highest BCUT2D eigenvalue weighted by Crippen LogP contribution is 2.29. The van der Waals surface area contributed by atoms with Crippen LogP contribution < -0.4 is 5.32 Å². The average molecular weight is 255 g/mol. The van der Waals surface area contributed by atoms with Crippen molar-refractivity contribution in [3.05, 3.63) is 0 Å². The Bertz CT molecular complexity index is 233. The van der Waals surface area contributed by atoms with Crippen molar-refractivity contribution in [1.82, 2.24) is 5.32 Å². The molecule has 0 aromatic carbocycles. The maximum Gasteiger partial charge on any atom is 0.0771 e. The SMILES string of the molecule is OC(CNCC1(O)CCCCC1)CC1CCCC1. The molecule has 3 nitrogen and oxygen atoms in total. The van der Waals surface area contributed by atoms with Crippen molar-refractivity contribution in [2.45, 2.75) is 75.9 Å². The van der Waals surface area contributed by atoms with Gasteiger partial charge in [0.05, 0.1) is 11.7 Å². The Morgan fingerprint density at radius 1 is 1.06 bits per heavy atom. The minimum atomic E-state index is -0.509. The van der Waals surface area contributed by atoms with Crippen LogP contribution in [0.1, 0.15) is 64.2 Å². The normalized spacial score (nSPS) is 26.3. The molecule has 0 bridgehead atoms. The van der Waals surface area contributed by atoms with Crippen LogP contribution in [0.25, 0.3) is 0 Å². The molecule has 0 aromatic heterocycles. The number of hydrogen-bond acceptors (Lipinski definition) is 3. The topological polar surface area (TPSA) is 52.5 Å². The Labute approximate surface area is 111 Å². The van der Waals surface area contributed by atoms with E-state index in [1.165, 1.54) is 32.1 Å². The molecular weight excluding hydrogens is 226 g/mol. The molecule has 106 valence electrons. The van der Waals surface area contributed by atoms with Crippen molar-refractivity contribution in [2.75, 3.05) is 13.1 Å². The molecule has 0 aromatic rings. The van der Waals surface area contributed by atoms with Crippen molar-refractivity contribution in [3.8, 4) is 0 Å². The van der Waals surface area contributed by atoms with Crippen molar-refractivity contribution in [3.63, 3.8) is 0 Å². The molecule has 0 amide bonds. The quantitative estimate of drug-likeness (QED) is 0.682. The smallest absolute Gasteiger partial charge is 0.0771 e. The summed E-state index contributed by atoms with van der Waals surface area (Å²) in [5.74, 6) is 0.736. The van der Waals surface area contributed by atoms with Gasteiger partial charge in [0, 0.05) is 13.1 Å². The molecule has 0 radical (unpaired) electrons. The minimum absolute atomic E-state index is 0.236. The van der Waals surface area contributed by atoms with Gasteiger partial charge in [-0.2, -0.15) is 0 Å². The summed E-state index contributed by atoms with van der Waals surface area (Å²) >= 11 is 0. The van der Waals surface area contributed by atoms with E-state index in [1.54, 1.807) is 0 Å². The maximum atomic E-state index is 10.3. The van der Waals surface area contributed by atoms with E-state index in [9.17, 15) is 10.2 Å². The second-order valence-corrected chi connectivity index (χ2v) is 6.46. The first-order valence-electron chi connectivity index (χ1n) is 7.79. The van der Waals surface area contributed by atoms with Crippen LogP contribution in [-0.2, 0) is 0 Å². The molecule has 0 heterocycles. The molecule has 0 spiro atoms. The zero-order chi connectivity index (χ0) is 12.8. The predicted octanol–water partition coefficient (Wildman–Crippen LogP) is 2.21. The molecule has 1 atom stereocenters. The van der Waals surface area contributed by atoms with E-state index in [0.717, 1.165) is 38.0 Å². The van der Waals surface area contributed by atoms with Gasteiger partial charge in [0.1, 0.15) is 0 Å². The Morgan fingerprint density at radius 2 is 1.72 bits per heavy atom.